The van der Waals surface area contributed by atoms with E-state index in [-0.39, 0.29) is 5.56 Å². The average Bonchev–Trinajstić information content (AvgIpc) is 3.16. The molecule has 4 aromatic rings. The zero-order valence-electron chi connectivity index (χ0n) is 16.9. The molecule has 0 fully saturated rings. The zero-order valence-corrected chi connectivity index (χ0v) is 16.9. The minimum Gasteiger partial charge on any atom is -0.478 e. The maximum Gasteiger partial charge on any atom is 0.336 e. The lowest BCUT2D eigenvalue weighted by Crippen LogP contribution is -2.39. The highest BCUT2D eigenvalue weighted by molar-refractivity contribution is 6.02. The molecule has 4 heteroatoms. The van der Waals surface area contributed by atoms with E-state index >= 15 is 0 Å². The molecular weight excluding hydrogens is 374 g/mol. The van der Waals surface area contributed by atoms with E-state index in [2.05, 4.69) is 0 Å². The first-order valence-electron chi connectivity index (χ1n) is 10.1. The number of carboxylic acid groups (broad SMARTS) is 1. The van der Waals surface area contributed by atoms with Gasteiger partial charge >= 0.3 is 5.97 Å². The molecule has 2 heterocycles. The van der Waals surface area contributed by atoms with Crippen molar-refractivity contribution >= 4 is 28.1 Å². The fraction of sp³-hybridized carbons (Fsp3) is 0.154. The lowest BCUT2D eigenvalue weighted by atomic mass is 9.94. The van der Waals surface area contributed by atoms with Crippen LogP contribution in [0.2, 0.25) is 0 Å². The van der Waals surface area contributed by atoms with Gasteiger partial charge in [-0.2, -0.15) is 0 Å². The van der Waals surface area contributed by atoms with Crippen molar-refractivity contribution in [1.82, 2.24) is 4.98 Å². The van der Waals surface area contributed by atoms with E-state index in [0.29, 0.717) is 11.5 Å². The SMILES string of the molecule is CC1=c2nc(-c3oc4ccccc4c3-c3ccccc3)cc(C(=O)O)c2=C(C)CC1. The van der Waals surface area contributed by atoms with Crippen molar-refractivity contribution in [2.75, 3.05) is 0 Å². The number of carboxylic acids is 1. The van der Waals surface area contributed by atoms with Crippen LogP contribution in [0.1, 0.15) is 37.0 Å². The van der Waals surface area contributed by atoms with Crippen LogP contribution < -0.4 is 10.6 Å². The molecule has 1 aliphatic rings. The number of fused-ring (bicyclic) bond motifs is 2. The summed E-state index contributed by atoms with van der Waals surface area (Å²) in [6.07, 6.45) is 1.75. The van der Waals surface area contributed by atoms with E-state index in [4.69, 9.17) is 9.40 Å². The third-order valence-corrected chi connectivity index (χ3v) is 5.85. The minimum absolute atomic E-state index is 0.283. The van der Waals surface area contributed by atoms with Crippen LogP contribution >= 0.6 is 0 Å². The zero-order chi connectivity index (χ0) is 20.8. The smallest absolute Gasteiger partial charge is 0.336 e. The molecule has 4 nitrogen and oxygen atoms in total. The molecule has 1 aliphatic carbocycles. The summed E-state index contributed by atoms with van der Waals surface area (Å²) in [6.45, 7) is 4.03. The molecule has 0 spiro atoms. The Hall–Kier alpha value is -3.66. The first-order valence-corrected chi connectivity index (χ1v) is 10.1. The van der Waals surface area contributed by atoms with E-state index in [0.717, 1.165) is 56.7 Å². The molecule has 0 saturated carbocycles. The summed E-state index contributed by atoms with van der Waals surface area (Å²) in [6, 6.07) is 19.5. The Labute approximate surface area is 173 Å². The average molecular weight is 395 g/mol. The summed E-state index contributed by atoms with van der Waals surface area (Å²) in [5.41, 5.74) is 5.71. The number of aromatic nitrogens is 1. The summed E-state index contributed by atoms with van der Waals surface area (Å²) >= 11 is 0. The van der Waals surface area contributed by atoms with Crippen LogP contribution in [0.15, 0.2) is 65.1 Å². The minimum atomic E-state index is -0.943. The van der Waals surface area contributed by atoms with Gasteiger partial charge in [0.2, 0.25) is 0 Å². The number of hydrogen-bond donors (Lipinski definition) is 1. The lowest BCUT2D eigenvalue weighted by Gasteiger charge is -2.14. The molecule has 2 aromatic carbocycles. The molecule has 0 unspecified atom stereocenters. The van der Waals surface area contributed by atoms with E-state index < -0.39 is 5.97 Å². The van der Waals surface area contributed by atoms with Crippen molar-refractivity contribution in [3.63, 3.8) is 0 Å². The van der Waals surface area contributed by atoms with Gasteiger partial charge in [-0.05, 0) is 50.0 Å². The Bertz CT molecular complexity index is 1430. The molecule has 0 amide bonds. The number of pyridine rings is 1. The van der Waals surface area contributed by atoms with Crippen molar-refractivity contribution < 1.29 is 14.3 Å². The first kappa shape index (κ1) is 18.4. The quantitative estimate of drug-likeness (QED) is 0.530. The fourth-order valence-electron chi connectivity index (χ4n) is 4.31. The summed E-state index contributed by atoms with van der Waals surface area (Å²) in [4.78, 5) is 17.1. The summed E-state index contributed by atoms with van der Waals surface area (Å²) in [7, 11) is 0. The molecule has 0 atom stereocenters. The Morgan fingerprint density at radius 2 is 1.67 bits per heavy atom. The molecule has 0 radical (unpaired) electrons. The second kappa shape index (κ2) is 6.99. The van der Waals surface area contributed by atoms with E-state index in [9.17, 15) is 9.90 Å². The monoisotopic (exact) mass is 395 g/mol. The predicted molar refractivity (Wildman–Crippen MR) is 118 cm³/mol. The summed E-state index contributed by atoms with van der Waals surface area (Å²) in [5, 5.41) is 12.5. The maximum atomic E-state index is 12.2. The molecule has 5 rings (SSSR count). The molecule has 0 aliphatic heterocycles. The largest absolute Gasteiger partial charge is 0.478 e. The van der Waals surface area contributed by atoms with E-state index in [1.807, 2.05) is 68.4 Å². The van der Waals surface area contributed by atoms with Crippen LogP contribution in [-0.4, -0.2) is 16.1 Å². The molecule has 148 valence electrons. The van der Waals surface area contributed by atoms with Crippen molar-refractivity contribution in [1.29, 1.82) is 0 Å². The molecule has 2 aromatic heterocycles. The maximum absolute atomic E-state index is 12.2. The standard InChI is InChI=1S/C26H21NO3/c1-15-12-13-16(2)24-22(15)19(26(28)29)14-20(27-24)25-23(17-8-4-3-5-9-17)18-10-6-7-11-21(18)30-25/h3-11,14H,12-13H2,1-2H3,(H,28,29). The molecular formula is C26H21NO3. The van der Waals surface area contributed by atoms with Gasteiger partial charge < -0.3 is 9.52 Å². The number of hydrogen-bond acceptors (Lipinski definition) is 3. The first-order chi connectivity index (χ1) is 14.5. The van der Waals surface area contributed by atoms with Gasteiger partial charge in [-0.1, -0.05) is 54.1 Å². The Kier molecular flexibility index (Phi) is 4.28. The van der Waals surface area contributed by atoms with Crippen molar-refractivity contribution in [2.24, 2.45) is 0 Å². The number of carbonyl (C=O) groups is 1. The van der Waals surface area contributed by atoms with Crippen LogP contribution in [0.3, 0.4) is 0 Å². The topological polar surface area (TPSA) is 63.3 Å². The number of nitrogens with zero attached hydrogens (tertiary/aromatic N) is 1. The lowest BCUT2D eigenvalue weighted by molar-refractivity contribution is 0.0695. The Morgan fingerprint density at radius 1 is 0.967 bits per heavy atom. The summed E-state index contributed by atoms with van der Waals surface area (Å²) in [5.74, 6) is -0.343. The second-order valence-corrected chi connectivity index (χ2v) is 7.81. The van der Waals surface area contributed by atoms with Crippen LogP contribution in [0.4, 0.5) is 0 Å². The van der Waals surface area contributed by atoms with Gasteiger partial charge in [-0.3, -0.25) is 0 Å². The molecule has 30 heavy (non-hydrogen) atoms. The number of rotatable bonds is 3. The number of para-hydroxylation sites is 1. The van der Waals surface area contributed by atoms with Crippen LogP contribution in [-0.2, 0) is 0 Å². The number of furan rings is 1. The number of aromatic carboxylic acids is 1. The van der Waals surface area contributed by atoms with Gasteiger partial charge in [-0.15, -0.1) is 0 Å². The number of benzene rings is 2. The van der Waals surface area contributed by atoms with Gasteiger partial charge in [0.1, 0.15) is 11.3 Å². The van der Waals surface area contributed by atoms with Crippen LogP contribution in [0, 0.1) is 0 Å². The van der Waals surface area contributed by atoms with Crippen molar-refractivity contribution in [2.45, 2.75) is 26.7 Å². The van der Waals surface area contributed by atoms with Gasteiger partial charge in [0, 0.05) is 16.2 Å². The van der Waals surface area contributed by atoms with Gasteiger partial charge in [0.15, 0.2) is 5.76 Å². The van der Waals surface area contributed by atoms with Crippen LogP contribution in [0.25, 0.3) is 44.7 Å². The van der Waals surface area contributed by atoms with Gasteiger partial charge in [-0.25, -0.2) is 9.78 Å². The Balaban J connectivity index is 1.91. The van der Waals surface area contributed by atoms with E-state index in [1.54, 1.807) is 6.07 Å². The van der Waals surface area contributed by atoms with Gasteiger partial charge in [0.05, 0.1) is 10.9 Å². The van der Waals surface area contributed by atoms with Crippen molar-refractivity contribution in [3.8, 4) is 22.6 Å². The Morgan fingerprint density at radius 3 is 2.43 bits per heavy atom. The highest BCUT2D eigenvalue weighted by atomic mass is 16.4. The molecule has 1 N–H and O–H groups in total. The third-order valence-electron chi connectivity index (χ3n) is 5.85. The highest BCUT2D eigenvalue weighted by Crippen LogP contribution is 2.39. The molecule has 0 saturated heterocycles. The highest BCUT2D eigenvalue weighted by Gasteiger charge is 2.22. The summed E-state index contributed by atoms with van der Waals surface area (Å²) < 4.78 is 6.26. The second-order valence-electron chi connectivity index (χ2n) is 7.81. The van der Waals surface area contributed by atoms with E-state index in [1.165, 1.54) is 0 Å². The van der Waals surface area contributed by atoms with Gasteiger partial charge in [0.25, 0.3) is 0 Å². The van der Waals surface area contributed by atoms with Crippen LogP contribution in [0.5, 0.6) is 0 Å². The van der Waals surface area contributed by atoms with Crippen molar-refractivity contribution in [3.05, 3.63) is 76.8 Å². The third kappa shape index (κ3) is 2.84. The molecule has 0 bridgehead atoms. The fourth-order valence-corrected chi connectivity index (χ4v) is 4.31. The predicted octanol–water partition coefficient (Wildman–Crippen LogP) is 5.00. The normalized spacial score (nSPS) is 13.5.